The van der Waals surface area contributed by atoms with Gasteiger partial charge in [-0.1, -0.05) is 6.07 Å². The molecule has 2 aromatic rings. The van der Waals surface area contributed by atoms with Gasteiger partial charge in [-0.25, -0.2) is 0 Å². The van der Waals surface area contributed by atoms with Crippen LogP contribution < -0.4 is 15.0 Å². The minimum absolute atomic E-state index is 0.0652. The van der Waals surface area contributed by atoms with Crippen molar-refractivity contribution >= 4 is 23.2 Å². The maximum Gasteiger partial charge on any atom is 0.229 e. The van der Waals surface area contributed by atoms with Crippen LogP contribution >= 0.6 is 0 Å². The van der Waals surface area contributed by atoms with E-state index in [2.05, 4.69) is 10.4 Å². The van der Waals surface area contributed by atoms with Gasteiger partial charge in [0.1, 0.15) is 5.75 Å². The molecule has 7 nitrogen and oxygen atoms in total. The van der Waals surface area contributed by atoms with E-state index in [1.807, 2.05) is 18.2 Å². The van der Waals surface area contributed by atoms with Crippen LogP contribution in [0.25, 0.3) is 0 Å². The molecule has 1 fully saturated rings. The van der Waals surface area contributed by atoms with Crippen LogP contribution in [0.15, 0.2) is 36.7 Å². The third-order valence-electron chi connectivity index (χ3n) is 3.83. The highest BCUT2D eigenvalue weighted by Crippen LogP contribution is 2.28. The zero-order chi connectivity index (χ0) is 16.4. The van der Waals surface area contributed by atoms with Crippen LogP contribution in [-0.2, 0) is 16.6 Å². The second kappa shape index (κ2) is 6.12. The number of aryl methyl sites for hydroxylation is 1. The van der Waals surface area contributed by atoms with Gasteiger partial charge in [0.05, 0.1) is 24.9 Å². The minimum Gasteiger partial charge on any atom is -0.497 e. The number of amides is 2. The number of rotatable bonds is 4. The number of hydrogen-bond donors (Lipinski definition) is 1. The summed E-state index contributed by atoms with van der Waals surface area (Å²) in [5.41, 5.74) is 1.37. The molecular formula is C16H18N4O3. The first-order valence-corrected chi connectivity index (χ1v) is 7.31. The molecule has 2 amide bonds. The number of nitrogens with one attached hydrogen (secondary N) is 1. The summed E-state index contributed by atoms with van der Waals surface area (Å²) in [5.74, 6) is 0.0637. The van der Waals surface area contributed by atoms with E-state index in [4.69, 9.17) is 4.74 Å². The number of ether oxygens (including phenoxy) is 1. The maximum atomic E-state index is 12.3. The summed E-state index contributed by atoms with van der Waals surface area (Å²) < 4.78 is 6.79. The highest BCUT2D eigenvalue weighted by atomic mass is 16.5. The number of methoxy groups -OCH3 is 1. The molecule has 1 atom stereocenters. The highest BCUT2D eigenvalue weighted by molar-refractivity contribution is 6.03. The molecular weight excluding hydrogens is 296 g/mol. The molecule has 1 saturated heterocycles. The van der Waals surface area contributed by atoms with E-state index in [-0.39, 0.29) is 24.2 Å². The quantitative estimate of drug-likeness (QED) is 0.926. The third kappa shape index (κ3) is 3.18. The SMILES string of the molecule is COc1cccc(N2C[C@H](C(=O)Nc3cnn(C)c3)CC2=O)c1. The Hall–Kier alpha value is -2.83. The van der Waals surface area contributed by atoms with Gasteiger partial charge in [-0.15, -0.1) is 0 Å². The second-order valence-electron chi connectivity index (χ2n) is 5.50. The second-order valence-corrected chi connectivity index (χ2v) is 5.50. The van der Waals surface area contributed by atoms with Crippen LogP contribution in [-0.4, -0.2) is 35.2 Å². The van der Waals surface area contributed by atoms with E-state index in [1.165, 1.54) is 0 Å². The van der Waals surface area contributed by atoms with Gasteiger partial charge < -0.3 is 15.0 Å². The number of hydrogen-bond acceptors (Lipinski definition) is 4. The predicted molar refractivity (Wildman–Crippen MR) is 85.3 cm³/mol. The lowest BCUT2D eigenvalue weighted by Crippen LogP contribution is -2.28. The molecule has 1 aromatic carbocycles. The molecule has 0 aliphatic carbocycles. The van der Waals surface area contributed by atoms with Crippen molar-refractivity contribution in [3.05, 3.63) is 36.7 Å². The van der Waals surface area contributed by atoms with Gasteiger partial charge >= 0.3 is 0 Å². The average molecular weight is 314 g/mol. The van der Waals surface area contributed by atoms with Gasteiger partial charge in [0, 0.05) is 38.0 Å². The molecule has 1 N–H and O–H groups in total. The number of nitrogens with zero attached hydrogens (tertiary/aromatic N) is 3. The zero-order valence-corrected chi connectivity index (χ0v) is 13.0. The van der Waals surface area contributed by atoms with Crippen LogP contribution in [0.2, 0.25) is 0 Å². The number of anilines is 2. The third-order valence-corrected chi connectivity index (χ3v) is 3.83. The van der Waals surface area contributed by atoms with Crippen molar-refractivity contribution in [3.8, 4) is 5.75 Å². The van der Waals surface area contributed by atoms with Crippen LogP contribution in [0.1, 0.15) is 6.42 Å². The van der Waals surface area contributed by atoms with Crippen molar-refractivity contribution in [2.24, 2.45) is 13.0 Å². The standard InChI is InChI=1S/C16H18N4O3/c1-19-10-12(8-17-19)18-16(22)11-6-15(21)20(9-11)13-4-3-5-14(7-13)23-2/h3-5,7-8,10-11H,6,9H2,1-2H3,(H,18,22)/t11-/m1/s1. The number of carbonyl (C=O) groups is 2. The van der Waals surface area contributed by atoms with E-state index in [0.717, 1.165) is 5.69 Å². The van der Waals surface area contributed by atoms with Crippen LogP contribution in [0, 0.1) is 5.92 Å². The van der Waals surface area contributed by atoms with Crippen molar-refractivity contribution in [3.63, 3.8) is 0 Å². The van der Waals surface area contributed by atoms with E-state index in [9.17, 15) is 9.59 Å². The van der Waals surface area contributed by atoms with Crippen molar-refractivity contribution in [2.45, 2.75) is 6.42 Å². The van der Waals surface area contributed by atoms with Gasteiger partial charge in [0.25, 0.3) is 0 Å². The Bertz CT molecular complexity index is 740. The first-order chi connectivity index (χ1) is 11.1. The van der Waals surface area contributed by atoms with E-state index < -0.39 is 0 Å². The summed E-state index contributed by atoms with van der Waals surface area (Å²) in [4.78, 5) is 26.2. The molecule has 2 heterocycles. The topological polar surface area (TPSA) is 76.5 Å². The molecule has 3 rings (SSSR count). The Morgan fingerprint density at radius 2 is 2.26 bits per heavy atom. The summed E-state index contributed by atoms with van der Waals surface area (Å²) in [6.45, 7) is 0.359. The average Bonchev–Trinajstić information content (AvgIpc) is 3.13. The summed E-state index contributed by atoms with van der Waals surface area (Å²) in [6, 6.07) is 7.27. The number of carbonyl (C=O) groups excluding carboxylic acids is 2. The van der Waals surface area contributed by atoms with Gasteiger partial charge in [0.2, 0.25) is 11.8 Å². The molecule has 0 saturated carbocycles. The monoisotopic (exact) mass is 314 g/mol. The fourth-order valence-electron chi connectivity index (χ4n) is 2.64. The van der Waals surface area contributed by atoms with Crippen molar-refractivity contribution in [1.29, 1.82) is 0 Å². The van der Waals surface area contributed by atoms with Crippen molar-refractivity contribution < 1.29 is 14.3 Å². The van der Waals surface area contributed by atoms with E-state index >= 15 is 0 Å². The molecule has 1 aliphatic heterocycles. The van der Waals surface area contributed by atoms with Gasteiger partial charge in [-0.05, 0) is 12.1 Å². The Balaban J connectivity index is 1.70. The first-order valence-electron chi connectivity index (χ1n) is 7.31. The lowest BCUT2D eigenvalue weighted by molar-refractivity contribution is -0.122. The molecule has 23 heavy (non-hydrogen) atoms. The molecule has 0 unspecified atom stereocenters. The van der Waals surface area contributed by atoms with Crippen molar-refractivity contribution in [1.82, 2.24) is 9.78 Å². The number of aromatic nitrogens is 2. The number of benzene rings is 1. The Morgan fingerprint density at radius 3 is 2.96 bits per heavy atom. The molecule has 1 aromatic heterocycles. The summed E-state index contributed by atoms with van der Waals surface area (Å²) >= 11 is 0. The lowest BCUT2D eigenvalue weighted by Gasteiger charge is -2.17. The summed E-state index contributed by atoms with van der Waals surface area (Å²) in [7, 11) is 3.36. The smallest absolute Gasteiger partial charge is 0.229 e. The van der Waals surface area contributed by atoms with Gasteiger partial charge in [-0.3, -0.25) is 14.3 Å². The molecule has 7 heteroatoms. The summed E-state index contributed by atoms with van der Waals surface area (Å²) in [5, 5.41) is 6.80. The van der Waals surface area contributed by atoms with Crippen LogP contribution in [0.5, 0.6) is 5.75 Å². The molecule has 1 aliphatic rings. The van der Waals surface area contributed by atoms with E-state index in [0.29, 0.717) is 18.0 Å². The maximum absolute atomic E-state index is 12.3. The highest BCUT2D eigenvalue weighted by Gasteiger charge is 2.35. The summed E-state index contributed by atoms with van der Waals surface area (Å²) in [6.07, 6.45) is 3.49. The Kier molecular flexibility index (Phi) is 4.01. The van der Waals surface area contributed by atoms with Crippen LogP contribution in [0.3, 0.4) is 0 Å². The van der Waals surface area contributed by atoms with Crippen LogP contribution in [0.4, 0.5) is 11.4 Å². The molecule has 0 bridgehead atoms. The molecule has 120 valence electrons. The Labute approximate surface area is 133 Å². The largest absolute Gasteiger partial charge is 0.497 e. The van der Waals surface area contributed by atoms with Gasteiger partial charge in [0.15, 0.2) is 0 Å². The fourth-order valence-corrected chi connectivity index (χ4v) is 2.64. The predicted octanol–water partition coefficient (Wildman–Crippen LogP) is 1.42. The van der Waals surface area contributed by atoms with E-state index in [1.54, 1.807) is 42.2 Å². The molecule has 0 radical (unpaired) electrons. The Morgan fingerprint density at radius 1 is 1.43 bits per heavy atom. The first kappa shape index (κ1) is 15.1. The zero-order valence-electron chi connectivity index (χ0n) is 13.0. The lowest BCUT2D eigenvalue weighted by atomic mass is 10.1. The van der Waals surface area contributed by atoms with Crippen molar-refractivity contribution in [2.75, 3.05) is 23.9 Å². The minimum atomic E-state index is -0.381. The fraction of sp³-hybridized carbons (Fsp3) is 0.312. The normalized spacial score (nSPS) is 17.4. The molecule has 0 spiro atoms. The van der Waals surface area contributed by atoms with Gasteiger partial charge in [-0.2, -0.15) is 5.10 Å².